The highest BCUT2D eigenvalue weighted by Crippen LogP contribution is 2.31. The van der Waals surface area contributed by atoms with Crippen LogP contribution in [0.4, 0.5) is 5.69 Å². The molecule has 33 heavy (non-hydrogen) atoms. The van der Waals surface area contributed by atoms with Crippen LogP contribution in [-0.4, -0.2) is 30.0 Å². The van der Waals surface area contributed by atoms with Gasteiger partial charge in [0.15, 0.2) is 0 Å². The van der Waals surface area contributed by atoms with Crippen molar-refractivity contribution in [2.75, 3.05) is 18.5 Å². The lowest BCUT2D eigenvalue weighted by Crippen LogP contribution is -2.20. The smallest absolute Gasteiger partial charge is 0.250 e. The van der Waals surface area contributed by atoms with E-state index >= 15 is 0 Å². The summed E-state index contributed by atoms with van der Waals surface area (Å²) in [4.78, 5) is 23.7. The van der Waals surface area contributed by atoms with E-state index in [0.717, 1.165) is 39.6 Å². The third-order valence-electron chi connectivity index (χ3n) is 5.69. The summed E-state index contributed by atoms with van der Waals surface area (Å²) in [5.41, 5.74) is 5.74. The summed E-state index contributed by atoms with van der Waals surface area (Å²) < 4.78 is 7.77. The van der Waals surface area contributed by atoms with Crippen molar-refractivity contribution in [1.82, 2.24) is 4.57 Å². The number of para-hydroxylation sites is 1. The first-order valence-electron chi connectivity index (χ1n) is 11.2. The number of aromatic nitrogens is 1. The normalized spacial score (nSPS) is 11.1. The Morgan fingerprint density at radius 3 is 2.55 bits per heavy atom. The van der Waals surface area contributed by atoms with Crippen LogP contribution in [0.15, 0.2) is 79.0 Å². The highest BCUT2D eigenvalue weighted by atomic mass is 16.5. The van der Waals surface area contributed by atoms with Crippen LogP contribution in [0.5, 0.6) is 0 Å². The van der Waals surface area contributed by atoms with Gasteiger partial charge in [-0.05, 0) is 29.2 Å². The Morgan fingerprint density at radius 1 is 1.03 bits per heavy atom. The number of benzene rings is 3. The van der Waals surface area contributed by atoms with Crippen LogP contribution in [0, 0.1) is 0 Å². The quantitative estimate of drug-likeness (QED) is 0.260. The molecule has 0 bridgehead atoms. The molecule has 0 fully saturated rings. The van der Waals surface area contributed by atoms with Gasteiger partial charge < -0.3 is 14.6 Å². The topological polar surface area (TPSA) is 60.3 Å². The molecule has 0 unspecified atom stereocenters. The number of aldehydes is 1. The lowest BCUT2D eigenvalue weighted by molar-refractivity contribution is -0.120. The van der Waals surface area contributed by atoms with E-state index in [1.165, 1.54) is 0 Å². The van der Waals surface area contributed by atoms with Crippen molar-refractivity contribution in [2.45, 2.75) is 26.3 Å². The van der Waals surface area contributed by atoms with Gasteiger partial charge in [-0.1, -0.05) is 74.5 Å². The number of ether oxygens (including phenoxy) is 1. The molecule has 4 aromatic rings. The van der Waals surface area contributed by atoms with Crippen LogP contribution in [0.3, 0.4) is 0 Å². The van der Waals surface area contributed by atoms with Crippen molar-refractivity contribution in [2.24, 2.45) is 0 Å². The van der Waals surface area contributed by atoms with Gasteiger partial charge in [-0.3, -0.25) is 9.59 Å². The molecule has 4 rings (SSSR count). The maximum atomic E-state index is 12.4. The summed E-state index contributed by atoms with van der Waals surface area (Å²) in [6, 6.07) is 23.7. The van der Waals surface area contributed by atoms with Crippen LogP contribution in [0.1, 0.15) is 35.7 Å². The number of nitrogens with one attached hydrogen (secondary N) is 1. The van der Waals surface area contributed by atoms with E-state index in [0.29, 0.717) is 24.6 Å². The van der Waals surface area contributed by atoms with E-state index in [1.54, 1.807) is 0 Å². The summed E-state index contributed by atoms with van der Waals surface area (Å²) in [7, 11) is 0. The Labute approximate surface area is 194 Å². The van der Waals surface area contributed by atoms with Crippen LogP contribution < -0.4 is 5.32 Å². The maximum absolute atomic E-state index is 12.4. The van der Waals surface area contributed by atoms with E-state index in [-0.39, 0.29) is 12.5 Å². The third kappa shape index (κ3) is 5.21. The van der Waals surface area contributed by atoms with Gasteiger partial charge in [-0.25, -0.2) is 0 Å². The van der Waals surface area contributed by atoms with E-state index in [1.807, 2.05) is 60.7 Å². The minimum atomic E-state index is -0.173. The molecule has 5 nitrogen and oxygen atoms in total. The first kappa shape index (κ1) is 22.5. The van der Waals surface area contributed by atoms with Gasteiger partial charge in [-0.15, -0.1) is 0 Å². The van der Waals surface area contributed by atoms with E-state index < -0.39 is 0 Å². The van der Waals surface area contributed by atoms with E-state index in [2.05, 4.69) is 42.1 Å². The number of rotatable bonds is 9. The number of nitrogens with zero attached hydrogens (tertiary/aromatic N) is 1. The molecule has 0 aliphatic heterocycles. The lowest BCUT2D eigenvalue weighted by atomic mass is 10.0. The fourth-order valence-corrected chi connectivity index (χ4v) is 4.04. The van der Waals surface area contributed by atoms with Gasteiger partial charge in [0.05, 0.1) is 6.61 Å². The van der Waals surface area contributed by atoms with Crippen molar-refractivity contribution in [3.63, 3.8) is 0 Å². The summed E-state index contributed by atoms with van der Waals surface area (Å²) >= 11 is 0. The van der Waals surface area contributed by atoms with E-state index in [4.69, 9.17) is 4.74 Å². The number of hydrogen-bond acceptors (Lipinski definition) is 3. The minimum Gasteiger partial charge on any atom is -0.370 e. The molecule has 0 aliphatic rings. The van der Waals surface area contributed by atoms with Gasteiger partial charge in [0, 0.05) is 40.5 Å². The molecule has 1 aromatic heterocycles. The SMILES string of the molecule is CC(C)c1ccccc1NC(=O)COCCn1cc(-c2ccccc2)c2ccc(C=O)cc21. The zero-order chi connectivity index (χ0) is 23.2. The van der Waals surface area contributed by atoms with Crippen molar-refractivity contribution >= 4 is 28.8 Å². The number of fused-ring (bicyclic) bond motifs is 1. The highest BCUT2D eigenvalue weighted by Gasteiger charge is 2.12. The van der Waals surface area contributed by atoms with Gasteiger partial charge in [0.25, 0.3) is 0 Å². The second kappa shape index (κ2) is 10.3. The van der Waals surface area contributed by atoms with Gasteiger partial charge in [0.2, 0.25) is 5.91 Å². The molecule has 1 heterocycles. The van der Waals surface area contributed by atoms with Crippen LogP contribution >= 0.6 is 0 Å². The standard InChI is InChI=1S/C28H28N2O3/c1-20(2)23-10-6-7-11-26(23)29-28(32)19-33-15-14-30-17-25(22-8-4-3-5-9-22)24-13-12-21(18-31)16-27(24)30/h3-13,16-18,20H,14-15,19H2,1-2H3,(H,29,32). The molecule has 0 atom stereocenters. The zero-order valence-electron chi connectivity index (χ0n) is 19.0. The molecule has 1 amide bonds. The average Bonchev–Trinajstić information content (AvgIpc) is 3.20. The molecule has 0 saturated carbocycles. The maximum Gasteiger partial charge on any atom is 0.250 e. The fraction of sp³-hybridized carbons (Fsp3) is 0.214. The Kier molecular flexibility index (Phi) is 7.01. The second-order valence-electron chi connectivity index (χ2n) is 8.34. The predicted octanol–water partition coefficient (Wildman–Crippen LogP) is 5.90. The first-order valence-corrected chi connectivity index (χ1v) is 11.2. The fourth-order valence-electron chi connectivity index (χ4n) is 4.04. The van der Waals surface area contributed by atoms with E-state index in [9.17, 15) is 9.59 Å². The zero-order valence-corrected chi connectivity index (χ0v) is 19.0. The van der Waals surface area contributed by atoms with Crippen LogP contribution in [-0.2, 0) is 16.1 Å². The molecule has 5 heteroatoms. The highest BCUT2D eigenvalue weighted by molar-refractivity contribution is 5.98. The van der Waals surface area contributed by atoms with Gasteiger partial charge in [0.1, 0.15) is 12.9 Å². The number of carbonyl (C=O) groups is 2. The Hall–Kier alpha value is -3.70. The van der Waals surface area contributed by atoms with Gasteiger partial charge >= 0.3 is 0 Å². The minimum absolute atomic E-state index is 0.0171. The van der Waals surface area contributed by atoms with Crippen LogP contribution in [0.25, 0.3) is 22.0 Å². The molecular formula is C28H28N2O3. The van der Waals surface area contributed by atoms with Crippen LogP contribution in [0.2, 0.25) is 0 Å². The molecule has 0 saturated heterocycles. The summed E-state index contributed by atoms with van der Waals surface area (Å²) in [6.45, 7) is 5.13. The molecular weight excluding hydrogens is 412 g/mol. The number of carbonyl (C=O) groups excluding carboxylic acids is 2. The molecule has 1 N–H and O–H groups in total. The number of anilines is 1. The van der Waals surface area contributed by atoms with Crippen molar-refractivity contribution in [1.29, 1.82) is 0 Å². The van der Waals surface area contributed by atoms with Gasteiger partial charge in [-0.2, -0.15) is 0 Å². The Morgan fingerprint density at radius 2 is 1.79 bits per heavy atom. The monoisotopic (exact) mass is 440 g/mol. The lowest BCUT2D eigenvalue weighted by Gasteiger charge is -2.13. The van der Waals surface area contributed by atoms with Crippen molar-refractivity contribution in [3.8, 4) is 11.1 Å². The molecule has 0 aliphatic carbocycles. The van der Waals surface area contributed by atoms with Crippen molar-refractivity contribution in [3.05, 3.63) is 90.1 Å². The third-order valence-corrected chi connectivity index (χ3v) is 5.69. The Balaban J connectivity index is 1.43. The Bertz CT molecular complexity index is 1260. The summed E-state index contributed by atoms with van der Waals surface area (Å²) in [5.74, 6) is 0.146. The summed E-state index contributed by atoms with van der Waals surface area (Å²) in [5, 5.41) is 4.03. The molecule has 168 valence electrons. The molecule has 3 aromatic carbocycles. The molecule has 0 radical (unpaired) electrons. The average molecular weight is 441 g/mol. The predicted molar refractivity (Wildman–Crippen MR) is 133 cm³/mol. The number of hydrogen-bond donors (Lipinski definition) is 1. The first-order chi connectivity index (χ1) is 16.1. The second-order valence-corrected chi connectivity index (χ2v) is 8.34. The molecule has 0 spiro atoms. The number of amides is 1. The van der Waals surface area contributed by atoms with Crippen molar-refractivity contribution < 1.29 is 14.3 Å². The largest absolute Gasteiger partial charge is 0.370 e. The summed E-state index contributed by atoms with van der Waals surface area (Å²) in [6.07, 6.45) is 2.94.